The van der Waals surface area contributed by atoms with Crippen molar-refractivity contribution in [1.29, 1.82) is 0 Å². The molecule has 0 saturated heterocycles. The van der Waals surface area contributed by atoms with Gasteiger partial charge in [0.1, 0.15) is 17.8 Å². The monoisotopic (exact) mass is 443 g/mol. The number of alkyl halides is 3. The maximum absolute atomic E-state index is 13.6. The smallest absolute Gasteiger partial charge is 0.385 e. The molecule has 1 fully saturated rings. The summed E-state index contributed by atoms with van der Waals surface area (Å²) in [4.78, 5) is 16.3. The van der Waals surface area contributed by atoms with Crippen molar-refractivity contribution in [2.24, 2.45) is 7.05 Å². The number of hydrogen-bond donors (Lipinski definition) is 1. The Hall–Kier alpha value is -3.34. The number of para-hydroxylation sites is 2. The van der Waals surface area contributed by atoms with Gasteiger partial charge in [0, 0.05) is 24.9 Å². The van der Waals surface area contributed by atoms with Crippen LogP contribution in [0.1, 0.15) is 60.3 Å². The molecule has 166 valence electrons. The zero-order valence-electron chi connectivity index (χ0n) is 17.5. The molecule has 8 nitrogen and oxygen atoms in total. The molecule has 1 saturated carbocycles. The third-order valence-electron chi connectivity index (χ3n) is 5.64. The van der Waals surface area contributed by atoms with E-state index in [9.17, 15) is 18.3 Å². The highest BCUT2D eigenvalue weighted by Crippen LogP contribution is 2.54. The second-order valence-electron chi connectivity index (χ2n) is 8.04. The van der Waals surface area contributed by atoms with E-state index < -0.39 is 18.1 Å². The zero-order valence-corrected chi connectivity index (χ0v) is 17.5. The first-order valence-corrected chi connectivity index (χ1v) is 10.1. The fourth-order valence-electron chi connectivity index (χ4n) is 4.05. The summed E-state index contributed by atoms with van der Waals surface area (Å²) < 4.78 is 43.9. The lowest BCUT2D eigenvalue weighted by Crippen LogP contribution is -2.17. The molecule has 32 heavy (non-hydrogen) atoms. The predicted octanol–water partition coefficient (Wildman–Crippen LogP) is 3.60. The van der Waals surface area contributed by atoms with Crippen molar-refractivity contribution >= 4 is 11.0 Å². The molecule has 0 bridgehead atoms. The Labute approximate surface area is 180 Å². The molecule has 1 unspecified atom stereocenters. The lowest BCUT2D eigenvalue weighted by atomic mass is 10.2. The van der Waals surface area contributed by atoms with E-state index in [4.69, 9.17) is 0 Å². The maximum atomic E-state index is 13.6. The molecule has 1 aromatic carbocycles. The average Bonchev–Trinajstić information content (AvgIpc) is 3.33. The number of benzene rings is 1. The van der Waals surface area contributed by atoms with Gasteiger partial charge in [0.2, 0.25) is 5.82 Å². The van der Waals surface area contributed by atoms with Crippen LogP contribution in [0.25, 0.3) is 16.9 Å². The van der Waals surface area contributed by atoms with E-state index in [0.717, 1.165) is 21.5 Å². The summed E-state index contributed by atoms with van der Waals surface area (Å²) in [5.74, 6) is -0.356. The van der Waals surface area contributed by atoms with Crippen LogP contribution in [0.15, 0.2) is 30.3 Å². The van der Waals surface area contributed by atoms with Gasteiger partial charge < -0.3 is 9.67 Å². The Morgan fingerprint density at radius 2 is 1.84 bits per heavy atom. The summed E-state index contributed by atoms with van der Waals surface area (Å²) in [5, 5.41) is 14.1. The van der Waals surface area contributed by atoms with E-state index in [1.807, 2.05) is 35.9 Å². The number of rotatable bonds is 4. The maximum Gasteiger partial charge on any atom is 0.451 e. The quantitative estimate of drug-likeness (QED) is 0.518. The summed E-state index contributed by atoms with van der Waals surface area (Å²) in [7, 11) is 1.90. The minimum atomic E-state index is -4.73. The Morgan fingerprint density at radius 3 is 2.53 bits per heavy atom. The van der Waals surface area contributed by atoms with Gasteiger partial charge in [-0.25, -0.2) is 19.9 Å². The minimum Gasteiger partial charge on any atom is -0.385 e. The van der Waals surface area contributed by atoms with Gasteiger partial charge in [-0.2, -0.15) is 17.9 Å². The molecule has 3 atom stereocenters. The molecule has 11 heteroatoms. The third kappa shape index (κ3) is 3.42. The Bertz CT molecular complexity index is 1320. The molecule has 0 radical (unpaired) electrons. The molecular formula is C21H20F3N7O. The molecule has 0 spiro atoms. The van der Waals surface area contributed by atoms with Crippen LogP contribution in [0, 0.1) is 6.92 Å². The Morgan fingerprint density at radius 1 is 1.09 bits per heavy atom. The van der Waals surface area contributed by atoms with Gasteiger partial charge in [0.15, 0.2) is 11.6 Å². The Kier molecular flexibility index (Phi) is 4.55. The summed E-state index contributed by atoms with van der Waals surface area (Å²) >= 11 is 0. The molecule has 1 N–H and O–H groups in total. The van der Waals surface area contributed by atoms with Crippen LogP contribution in [0.2, 0.25) is 0 Å². The van der Waals surface area contributed by atoms with Gasteiger partial charge in [-0.1, -0.05) is 12.1 Å². The van der Waals surface area contributed by atoms with Gasteiger partial charge in [-0.05, 0) is 32.4 Å². The molecule has 0 amide bonds. The van der Waals surface area contributed by atoms with E-state index >= 15 is 0 Å². The first-order valence-electron chi connectivity index (χ1n) is 10.1. The molecule has 1 aliphatic rings. The van der Waals surface area contributed by atoms with Crippen LogP contribution in [0.4, 0.5) is 13.2 Å². The van der Waals surface area contributed by atoms with Crippen molar-refractivity contribution < 1.29 is 18.3 Å². The topological polar surface area (TPSA) is 94.5 Å². The average molecular weight is 443 g/mol. The SMILES string of the molecule is Cc1nc(C(C)O)n(-c2cc([C@@H]3C[C@H]3c3nc4ccccc4n3C)nc(C(F)(F)F)n2)n1. The van der Waals surface area contributed by atoms with E-state index in [0.29, 0.717) is 12.2 Å². The van der Waals surface area contributed by atoms with Crippen molar-refractivity contribution in [3.63, 3.8) is 0 Å². The first kappa shape index (κ1) is 20.6. The summed E-state index contributed by atoms with van der Waals surface area (Å²) in [6.45, 7) is 3.06. The van der Waals surface area contributed by atoms with Crippen molar-refractivity contribution in [3.05, 3.63) is 59.3 Å². The highest BCUT2D eigenvalue weighted by atomic mass is 19.4. The van der Waals surface area contributed by atoms with Crippen LogP contribution in [0.3, 0.4) is 0 Å². The molecule has 3 aromatic heterocycles. The van der Waals surface area contributed by atoms with Gasteiger partial charge in [0.25, 0.3) is 0 Å². The summed E-state index contributed by atoms with van der Waals surface area (Å²) in [6.07, 6.45) is -5.13. The summed E-state index contributed by atoms with van der Waals surface area (Å²) in [5.41, 5.74) is 2.07. The van der Waals surface area contributed by atoms with E-state index in [2.05, 4.69) is 25.0 Å². The minimum absolute atomic E-state index is 0.0510. The number of halogens is 3. The number of imidazole rings is 1. The second kappa shape index (κ2) is 7.09. The van der Waals surface area contributed by atoms with Gasteiger partial charge in [-0.3, -0.25) is 0 Å². The summed E-state index contributed by atoms with van der Waals surface area (Å²) in [6, 6.07) is 9.17. The Balaban J connectivity index is 1.58. The fraction of sp³-hybridized carbons (Fsp3) is 0.381. The lowest BCUT2D eigenvalue weighted by molar-refractivity contribution is -0.145. The predicted molar refractivity (Wildman–Crippen MR) is 108 cm³/mol. The molecular weight excluding hydrogens is 423 g/mol. The van der Waals surface area contributed by atoms with Crippen LogP contribution in [-0.2, 0) is 13.2 Å². The van der Waals surface area contributed by atoms with Crippen molar-refractivity contribution in [2.45, 2.75) is 44.4 Å². The van der Waals surface area contributed by atoms with Crippen LogP contribution < -0.4 is 0 Å². The molecule has 5 rings (SSSR count). The van der Waals surface area contributed by atoms with Gasteiger partial charge in [-0.15, -0.1) is 5.10 Å². The number of nitrogens with zero attached hydrogens (tertiary/aromatic N) is 7. The van der Waals surface area contributed by atoms with Crippen LogP contribution in [0.5, 0.6) is 0 Å². The largest absolute Gasteiger partial charge is 0.451 e. The zero-order chi connectivity index (χ0) is 22.8. The lowest BCUT2D eigenvalue weighted by Gasteiger charge is -2.12. The second-order valence-corrected chi connectivity index (χ2v) is 8.04. The number of aliphatic hydroxyl groups excluding tert-OH is 1. The van der Waals surface area contributed by atoms with E-state index in [1.165, 1.54) is 13.0 Å². The molecule has 0 aliphatic heterocycles. The highest BCUT2D eigenvalue weighted by molar-refractivity contribution is 5.76. The molecule has 1 aliphatic carbocycles. The number of aliphatic hydroxyl groups is 1. The number of aryl methyl sites for hydroxylation is 2. The first-order chi connectivity index (χ1) is 15.1. The number of aromatic nitrogens is 7. The molecule has 3 heterocycles. The van der Waals surface area contributed by atoms with E-state index in [-0.39, 0.29) is 29.2 Å². The highest BCUT2D eigenvalue weighted by Gasteiger charge is 2.45. The number of fused-ring (bicyclic) bond motifs is 1. The number of hydrogen-bond acceptors (Lipinski definition) is 6. The van der Waals surface area contributed by atoms with E-state index in [1.54, 1.807) is 6.92 Å². The van der Waals surface area contributed by atoms with Crippen LogP contribution >= 0.6 is 0 Å². The van der Waals surface area contributed by atoms with Crippen molar-refractivity contribution in [3.8, 4) is 5.82 Å². The van der Waals surface area contributed by atoms with Crippen molar-refractivity contribution in [2.75, 3.05) is 0 Å². The molecule has 4 aromatic rings. The van der Waals surface area contributed by atoms with Crippen LogP contribution in [-0.4, -0.2) is 39.4 Å². The normalized spacial score (nSPS) is 19.5. The van der Waals surface area contributed by atoms with Crippen molar-refractivity contribution in [1.82, 2.24) is 34.3 Å². The third-order valence-corrected chi connectivity index (χ3v) is 5.64. The van der Waals surface area contributed by atoms with Gasteiger partial charge in [0.05, 0.1) is 16.7 Å². The van der Waals surface area contributed by atoms with Gasteiger partial charge >= 0.3 is 6.18 Å². The standard InChI is InChI=1S/C21H20F3N7O/c1-10(32)18-25-11(2)29-31(18)17-9-15(27-20(28-17)21(22,23)24)12-8-13(12)19-26-14-6-4-5-7-16(14)30(19)3/h4-7,9-10,12-13,32H,8H2,1-3H3/t10?,12-,13-/m1/s1. The fourth-order valence-corrected chi connectivity index (χ4v) is 4.05.